The summed E-state index contributed by atoms with van der Waals surface area (Å²) in [6.45, 7) is 3.62. The zero-order valence-corrected chi connectivity index (χ0v) is 16.3. The summed E-state index contributed by atoms with van der Waals surface area (Å²) in [4.78, 5) is 6.88. The van der Waals surface area contributed by atoms with Crippen LogP contribution >= 0.6 is 0 Å². The van der Waals surface area contributed by atoms with Gasteiger partial charge in [-0.25, -0.2) is 0 Å². The van der Waals surface area contributed by atoms with E-state index in [1.54, 1.807) is 0 Å². The van der Waals surface area contributed by atoms with Crippen LogP contribution in [0.4, 0.5) is 0 Å². The molecule has 2 heterocycles. The molecule has 5 nitrogen and oxygen atoms in total. The topological polar surface area (TPSA) is 45.5 Å². The van der Waals surface area contributed by atoms with Crippen molar-refractivity contribution >= 4 is 5.96 Å². The highest BCUT2D eigenvalue weighted by Crippen LogP contribution is 2.26. The Labute approximate surface area is 166 Å². The zero-order valence-electron chi connectivity index (χ0n) is 16.3. The first-order valence-electron chi connectivity index (χ1n) is 9.87. The van der Waals surface area contributed by atoms with Gasteiger partial charge in [0.2, 0.25) is 0 Å². The molecule has 0 amide bonds. The highest BCUT2D eigenvalue weighted by atomic mass is 15.3. The smallest absolute Gasteiger partial charge is 0.193 e. The Morgan fingerprint density at radius 3 is 2.75 bits per heavy atom. The molecule has 3 aromatic rings. The number of benzene rings is 2. The van der Waals surface area contributed by atoms with Gasteiger partial charge in [-0.2, -0.15) is 5.10 Å². The van der Waals surface area contributed by atoms with E-state index in [1.807, 2.05) is 30.2 Å². The van der Waals surface area contributed by atoms with E-state index in [1.165, 1.54) is 23.1 Å². The quantitative estimate of drug-likeness (QED) is 0.550. The summed E-state index contributed by atoms with van der Waals surface area (Å²) in [6, 6.07) is 21.4. The summed E-state index contributed by atoms with van der Waals surface area (Å²) in [5.41, 5.74) is 3.93. The molecule has 1 saturated heterocycles. The van der Waals surface area contributed by atoms with Gasteiger partial charge in [0.1, 0.15) is 0 Å². The molecule has 5 heteroatoms. The molecule has 0 saturated carbocycles. The monoisotopic (exact) mass is 373 g/mol. The minimum absolute atomic E-state index is 0.581. The van der Waals surface area contributed by atoms with Crippen LogP contribution in [0.25, 0.3) is 0 Å². The predicted molar refractivity (Wildman–Crippen MR) is 113 cm³/mol. The number of likely N-dealkylation sites (tertiary alicyclic amines) is 1. The van der Waals surface area contributed by atoms with Crippen molar-refractivity contribution in [1.82, 2.24) is 20.0 Å². The maximum absolute atomic E-state index is 4.51. The van der Waals surface area contributed by atoms with E-state index in [2.05, 4.69) is 74.9 Å². The first-order chi connectivity index (χ1) is 13.8. The Hall–Kier alpha value is -3.08. The van der Waals surface area contributed by atoms with Gasteiger partial charge in [-0.15, -0.1) is 0 Å². The van der Waals surface area contributed by atoms with Crippen LogP contribution in [-0.2, 0) is 13.1 Å². The molecule has 1 aliphatic heterocycles. The summed E-state index contributed by atoms with van der Waals surface area (Å²) in [5, 5.41) is 7.83. The molecule has 2 aromatic carbocycles. The Morgan fingerprint density at radius 2 is 1.96 bits per heavy atom. The van der Waals surface area contributed by atoms with Crippen LogP contribution in [0.15, 0.2) is 78.0 Å². The van der Waals surface area contributed by atoms with E-state index in [9.17, 15) is 0 Å². The molecule has 1 atom stereocenters. The molecule has 144 valence electrons. The van der Waals surface area contributed by atoms with Crippen LogP contribution in [0.2, 0.25) is 0 Å². The Balaban J connectivity index is 1.35. The summed E-state index contributed by atoms with van der Waals surface area (Å²) in [7, 11) is 1.87. The van der Waals surface area contributed by atoms with Crippen molar-refractivity contribution in [2.24, 2.45) is 4.99 Å². The van der Waals surface area contributed by atoms with Crippen LogP contribution in [0.1, 0.15) is 29.0 Å². The Bertz CT molecular complexity index is 902. The molecule has 1 fully saturated rings. The van der Waals surface area contributed by atoms with Crippen LogP contribution in [0.5, 0.6) is 0 Å². The average molecular weight is 374 g/mol. The molecule has 1 N–H and O–H groups in total. The Kier molecular flexibility index (Phi) is 5.71. The fraction of sp³-hybridized carbons (Fsp3) is 0.304. The van der Waals surface area contributed by atoms with Gasteiger partial charge in [0, 0.05) is 45.0 Å². The van der Waals surface area contributed by atoms with Gasteiger partial charge in [-0.05, 0) is 29.2 Å². The first kappa shape index (κ1) is 18.3. The SMILES string of the molecule is CN=C(NCc1cccc(Cn2cccn2)c1)N1CCC(c2ccccc2)C1. The molecule has 0 radical (unpaired) electrons. The van der Waals surface area contributed by atoms with Crippen LogP contribution in [0.3, 0.4) is 0 Å². The van der Waals surface area contributed by atoms with E-state index in [-0.39, 0.29) is 0 Å². The number of guanidine groups is 1. The van der Waals surface area contributed by atoms with Crippen LogP contribution in [-0.4, -0.2) is 40.8 Å². The van der Waals surface area contributed by atoms with E-state index in [0.29, 0.717) is 5.92 Å². The zero-order chi connectivity index (χ0) is 19.2. The van der Waals surface area contributed by atoms with E-state index >= 15 is 0 Å². The van der Waals surface area contributed by atoms with Crippen molar-refractivity contribution in [3.63, 3.8) is 0 Å². The number of aromatic nitrogens is 2. The fourth-order valence-corrected chi connectivity index (χ4v) is 3.88. The lowest BCUT2D eigenvalue weighted by Gasteiger charge is -2.22. The third-order valence-corrected chi connectivity index (χ3v) is 5.32. The van der Waals surface area contributed by atoms with Gasteiger partial charge in [0.05, 0.1) is 6.54 Å². The first-order valence-corrected chi connectivity index (χ1v) is 9.87. The average Bonchev–Trinajstić information content (AvgIpc) is 3.42. The lowest BCUT2D eigenvalue weighted by Crippen LogP contribution is -2.39. The van der Waals surface area contributed by atoms with E-state index < -0.39 is 0 Å². The van der Waals surface area contributed by atoms with Crippen molar-refractivity contribution in [2.45, 2.75) is 25.4 Å². The van der Waals surface area contributed by atoms with Crippen molar-refractivity contribution < 1.29 is 0 Å². The van der Waals surface area contributed by atoms with Gasteiger partial charge >= 0.3 is 0 Å². The lowest BCUT2D eigenvalue weighted by atomic mass is 9.99. The molecule has 1 unspecified atom stereocenters. The second-order valence-electron chi connectivity index (χ2n) is 7.27. The van der Waals surface area contributed by atoms with Crippen molar-refractivity contribution in [3.8, 4) is 0 Å². The summed E-state index contributed by atoms with van der Waals surface area (Å²) >= 11 is 0. The maximum atomic E-state index is 4.51. The lowest BCUT2D eigenvalue weighted by molar-refractivity contribution is 0.486. The largest absolute Gasteiger partial charge is 0.352 e. The molecule has 0 spiro atoms. The number of hydrogen-bond acceptors (Lipinski definition) is 2. The predicted octanol–water partition coefficient (Wildman–Crippen LogP) is 3.50. The number of nitrogens with one attached hydrogen (secondary N) is 1. The molecular formula is C23H27N5. The third-order valence-electron chi connectivity index (χ3n) is 5.32. The number of hydrogen-bond donors (Lipinski definition) is 1. The minimum Gasteiger partial charge on any atom is -0.352 e. The summed E-state index contributed by atoms with van der Waals surface area (Å²) < 4.78 is 1.94. The number of nitrogens with zero attached hydrogens (tertiary/aromatic N) is 4. The van der Waals surface area contributed by atoms with Crippen molar-refractivity contribution in [1.29, 1.82) is 0 Å². The minimum atomic E-state index is 0.581. The fourth-order valence-electron chi connectivity index (χ4n) is 3.88. The number of rotatable bonds is 5. The standard InChI is InChI=1S/C23H27N5/c1-24-23(27-14-11-22(18-27)21-9-3-2-4-10-21)25-16-19-7-5-8-20(15-19)17-28-13-6-12-26-28/h2-10,12-13,15,22H,11,14,16-18H2,1H3,(H,24,25). The maximum Gasteiger partial charge on any atom is 0.193 e. The highest BCUT2D eigenvalue weighted by Gasteiger charge is 2.25. The molecular weight excluding hydrogens is 346 g/mol. The second kappa shape index (κ2) is 8.74. The van der Waals surface area contributed by atoms with E-state index in [4.69, 9.17) is 0 Å². The molecule has 0 aliphatic carbocycles. The van der Waals surface area contributed by atoms with Gasteiger partial charge in [0.15, 0.2) is 5.96 Å². The molecule has 4 rings (SSSR count). The van der Waals surface area contributed by atoms with Crippen LogP contribution in [0, 0.1) is 0 Å². The highest BCUT2D eigenvalue weighted by molar-refractivity contribution is 5.80. The number of aliphatic imine (C=N–C) groups is 1. The van der Waals surface area contributed by atoms with Gasteiger partial charge < -0.3 is 10.2 Å². The molecule has 1 aliphatic rings. The van der Waals surface area contributed by atoms with Crippen LogP contribution < -0.4 is 5.32 Å². The summed E-state index contributed by atoms with van der Waals surface area (Å²) in [6.07, 6.45) is 4.97. The molecule has 28 heavy (non-hydrogen) atoms. The normalized spacial score (nSPS) is 17.1. The third kappa shape index (κ3) is 4.42. The van der Waals surface area contributed by atoms with Gasteiger partial charge in [0.25, 0.3) is 0 Å². The van der Waals surface area contributed by atoms with Gasteiger partial charge in [-0.1, -0.05) is 54.6 Å². The summed E-state index contributed by atoms with van der Waals surface area (Å²) in [5.74, 6) is 1.56. The Morgan fingerprint density at radius 1 is 1.11 bits per heavy atom. The second-order valence-corrected chi connectivity index (χ2v) is 7.27. The van der Waals surface area contributed by atoms with Crippen molar-refractivity contribution in [2.75, 3.05) is 20.1 Å². The molecule has 0 bridgehead atoms. The van der Waals surface area contributed by atoms with E-state index in [0.717, 1.165) is 32.1 Å². The molecule has 1 aromatic heterocycles. The van der Waals surface area contributed by atoms with Gasteiger partial charge in [-0.3, -0.25) is 9.67 Å². The van der Waals surface area contributed by atoms with Crippen molar-refractivity contribution in [3.05, 3.63) is 89.7 Å².